The molecule has 0 saturated carbocycles. The molecule has 1 amide bonds. The second-order valence-electron chi connectivity index (χ2n) is 5.62. The normalized spacial score (nSPS) is 10.7. The number of nitrogens with two attached hydrogens (primary N) is 1. The fourth-order valence-electron chi connectivity index (χ4n) is 2.37. The summed E-state index contributed by atoms with van der Waals surface area (Å²) in [6, 6.07) is 12.4. The van der Waals surface area contributed by atoms with Crippen LogP contribution in [0.1, 0.15) is 19.4 Å². The van der Waals surface area contributed by atoms with Crippen molar-refractivity contribution in [3.05, 3.63) is 48.0 Å². The number of benzene rings is 2. The number of terminal acetylenes is 1. The molecule has 0 aliphatic heterocycles. The van der Waals surface area contributed by atoms with Crippen molar-refractivity contribution < 1.29 is 14.3 Å². The number of hydrogen-bond acceptors (Lipinski definition) is 4. The van der Waals surface area contributed by atoms with Crippen LogP contribution >= 0.6 is 0 Å². The Labute approximate surface area is 164 Å². The van der Waals surface area contributed by atoms with Gasteiger partial charge in [0, 0.05) is 17.3 Å². The van der Waals surface area contributed by atoms with Gasteiger partial charge in [-0.2, -0.15) is 0 Å². The number of anilines is 2. The Morgan fingerprint density at radius 2 is 1.93 bits per heavy atom. The van der Waals surface area contributed by atoms with Crippen molar-refractivity contribution in [2.24, 2.45) is 10.7 Å². The zero-order valence-electron chi connectivity index (χ0n) is 16.0. The predicted octanol–water partition coefficient (Wildman–Crippen LogP) is 2.83. The average molecular weight is 380 g/mol. The zero-order chi connectivity index (χ0) is 20.4. The lowest BCUT2D eigenvalue weighted by atomic mass is 10.2. The number of ether oxygens (including phenoxy) is 2. The lowest BCUT2D eigenvalue weighted by Crippen LogP contribution is -2.25. The van der Waals surface area contributed by atoms with Crippen LogP contribution in [0.25, 0.3) is 0 Å². The van der Waals surface area contributed by atoms with Gasteiger partial charge in [-0.1, -0.05) is 12.0 Å². The maximum absolute atomic E-state index is 12.1. The van der Waals surface area contributed by atoms with Crippen molar-refractivity contribution in [3.63, 3.8) is 0 Å². The Morgan fingerprint density at radius 3 is 2.64 bits per heavy atom. The molecule has 0 unspecified atom stereocenters. The van der Waals surface area contributed by atoms with Gasteiger partial charge in [0.25, 0.3) is 0 Å². The molecule has 0 bridgehead atoms. The second-order valence-corrected chi connectivity index (χ2v) is 5.62. The highest BCUT2D eigenvalue weighted by Gasteiger charge is 2.08. The van der Waals surface area contributed by atoms with Gasteiger partial charge in [0.15, 0.2) is 5.96 Å². The molecule has 0 radical (unpaired) electrons. The van der Waals surface area contributed by atoms with E-state index >= 15 is 0 Å². The van der Waals surface area contributed by atoms with Gasteiger partial charge in [-0.05, 0) is 44.2 Å². The van der Waals surface area contributed by atoms with Crippen molar-refractivity contribution in [3.8, 4) is 23.8 Å². The van der Waals surface area contributed by atoms with Crippen LogP contribution in [0.3, 0.4) is 0 Å². The summed E-state index contributed by atoms with van der Waals surface area (Å²) in [4.78, 5) is 16.1. The van der Waals surface area contributed by atoms with Gasteiger partial charge in [-0.3, -0.25) is 4.79 Å². The van der Waals surface area contributed by atoms with Gasteiger partial charge in [-0.25, -0.2) is 4.99 Å². The lowest BCUT2D eigenvalue weighted by molar-refractivity contribution is -0.114. The first kappa shape index (κ1) is 20.6. The van der Waals surface area contributed by atoms with Crippen molar-refractivity contribution in [1.29, 1.82) is 0 Å². The van der Waals surface area contributed by atoms with Crippen LogP contribution in [0.15, 0.2) is 47.5 Å². The van der Waals surface area contributed by atoms with E-state index in [1.54, 1.807) is 36.4 Å². The van der Waals surface area contributed by atoms with E-state index in [4.69, 9.17) is 21.6 Å². The molecular formula is C21H24N4O3. The van der Waals surface area contributed by atoms with E-state index in [1.165, 1.54) is 0 Å². The molecule has 0 aliphatic rings. The Balaban J connectivity index is 2.02. The van der Waals surface area contributed by atoms with Crippen LogP contribution in [-0.2, 0) is 4.79 Å². The second kappa shape index (κ2) is 10.5. The van der Waals surface area contributed by atoms with Crippen molar-refractivity contribution >= 4 is 23.2 Å². The molecule has 0 aliphatic carbocycles. The molecule has 146 valence electrons. The maximum atomic E-state index is 12.1. The molecule has 0 atom stereocenters. The summed E-state index contributed by atoms with van der Waals surface area (Å²) >= 11 is 0. The average Bonchev–Trinajstić information content (AvgIpc) is 2.69. The largest absolute Gasteiger partial charge is 0.494 e. The summed E-state index contributed by atoms with van der Waals surface area (Å²) in [7, 11) is 0. The first-order valence-corrected chi connectivity index (χ1v) is 8.88. The van der Waals surface area contributed by atoms with Crippen molar-refractivity contribution in [2.75, 3.05) is 30.4 Å². The fraction of sp³-hybridized carbons (Fsp3) is 0.238. The van der Waals surface area contributed by atoms with Crippen LogP contribution in [-0.4, -0.2) is 31.6 Å². The molecule has 7 heteroatoms. The molecule has 7 nitrogen and oxygen atoms in total. The summed E-state index contributed by atoms with van der Waals surface area (Å²) in [6.07, 6.45) is 5.36. The third-order valence-electron chi connectivity index (χ3n) is 3.53. The Hall–Kier alpha value is -3.66. The minimum atomic E-state index is -0.313. The van der Waals surface area contributed by atoms with Gasteiger partial charge in [0.05, 0.1) is 18.9 Å². The van der Waals surface area contributed by atoms with Gasteiger partial charge in [0.1, 0.15) is 18.0 Å². The molecular weight excluding hydrogens is 356 g/mol. The first-order valence-electron chi connectivity index (χ1n) is 8.88. The van der Waals surface area contributed by atoms with Crippen LogP contribution in [0.4, 0.5) is 11.4 Å². The van der Waals surface area contributed by atoms with E-state index in [-0.39, 0.29) is 18.4 Å². The third kappa shape index (κ3) is 6.25. The SMILES string of the molecule is C#Cc1cccc(NC(=O)CN=C(N)Nc2cc(OCC)ccc2OCC)c1. The smallest absolute Gasteiger partial charge is 0.246 e. The molecule has 0 heterocycles. The number of guanidine groups is 1. The van der Waals surface area contributed by atoms with Crippen molar-refractivity contribution in [2.45, 2.75) is 13.8 Å². The summed E-state index contributed by atoms with van der Waals surface area (Å²) in [5, 5.41) is 5.67. The molecule has 2 aromatic rings. The van der Waals surface area contributed by atoms with Gasteiger partial charge in [-0.15, -0.1) is 6.42 Å². The van der Waals surface area contributed by atoms with E-state index in [9.17, 15) is 4.79 Å². The summed E-state index contributed by atoms with van der Waals surface area (Å²) in [6.45, 7) is 4.68. The van der Waals surface area contributed by atoms with E-state index < -0.39 is 0 Å². The van der Waals surface area contributed by atoms with Gasteiger partial charge < -0.3 is 25.8 Å². The number of carbonyl (C=O) groups excluding carboxylic acids is 1. The predicted molar refractivity (Wildman–Crippen MR) is 112 cm³/mol. The Kier molecular flexibility index (Phi) is 7.73. The molecule has 0 aromatic heterocycles. The molecule has 4 N–H and O–H groups in total. The van der Waals surface area contributed by atoms with E-state index in [0.29, 0.717) is 41.7 Å². The highest BCUT2D eigenvalue weighted by molar-refractivity contribution is 5.97. The minimum Gasteiger partial charge on any atom is -0.494 e. The monoisotopic (exact) mass is 380 g/mol. The standard InChI is InChI=1S/C21H24N4O3/c1-4-15-8-7-9-16(12-15)24-20(26)14-23-21(22)25-18-13-17(27-5-2)10-11-19(18)28-6-3/h1,7-13H,5-6,14H2,2-3H3,(H,24,26)(H3,22,23,25). The quantitative estimate of drug-likeness (QED) is 0.372. The van der Waals surface area contributed by atoms with Crippen LogP contribution in [0, 0.1) is 12.3 Å². The third-order valence-corrected chi connectivity index (χ3v) is 3.53. The van der Waals surface area contributed by atoms with Crippen LogP contribution in [0.5, 0.6) is 11.5 Å². The van der Waals surface area contributed by atoms with Gasteiger partial charge >= 0.3 is 0 Å². The first-order chi connectivity index (χ1) is 13.5. The molecule has 2 aromatic carbocycles. The minimum absolute atomic E-state index is 0.0853. The zero-order valence-corrected chi connectivity index (χ0v) is 16.0. The number of hydrogen-bond donors (Lipinski definition) is 3. The number of carbonyl (C=O) groups is 1. The molecule has 0 spiro atoms. The highest BCUT2D eigenvalue weighted by Crippen LogP contribution is 2.29. The summed E-state index contributed by atoms with van der Waals surface area (Å²) in [5.74, 6) is 3.57. The Bertz CT molecular complexity index is 887. The Morgan fingerprint density at radius 1 is 1.14 bits per heavy atom. The molecule has 2 rings (SSSR count). The molecule has 0 fully saturated rings. The lowest BCUT2D eigenvalue weighted by Gasteiger charge is -2.14. The van der Waals surface area contributed by atoms with Crippen LogP contribution < -0.4 is 25.8 Å². The van der Waals surface area contributed by atoms with Gasteiger partial charge in [0.2, 0.25) is 5.91 Å². The number of nitrogens with one attached hydrogen (secondary N) is 2. The van der Waals surface area contributed by atoms with E-state index in [1.807, 2.05) is 19.9 Å². The van der Waals surface area contributed by atoms with Crippen molar-refractivity contribution in [1.82, 2.24) is 0 Å². The van der Waals surface area contributed by atoms with E-state index in [2.05, 4.69) is 21.5 Å². The highest BCUT2D eigenvalue weighted by atomic mass is 16.5. The number of rotatable bonds is 8. The number of aliphatic imine (C=N–C) groups is 1. The maximum Gasteiger partial charge on any atom is 0.246 e. The van der Waals surface area contributed by atoms with E-state index in [0.717, 1.165) is 0 Å². The topological polar surface area (TPSA) is 98.0 Å². The van der Waals surface area contributed by atoms with Crippen LogP contribution in [0.2, 0.25) is 0 Å². The molecule has 28 heavy (non-hydrogen) atoms. The summed E-state index contributed by atoms with van der Waals surface area (Å²) in [5.41, 5.74) is 7.81. The number of amides is 1. The summed E-state index contributed by atoms with van der Waals surface area (Å²) < 4.78 is 11.1. The number of nitrogens with zero attached hydrogens (tertiary/aromatic N) is 1. The fourth-order valence-corrected chi connectivity index (χ4v) is 2.37. The molecule has 0 saturated heterocycles.